The average Bonchev–Trinajstić information content (AvgIpc) is 2.54. The van der Waals surface area contributed by atoms with Crippen molar-refractivity contribution in [3.8, 4) is 5.75 Å². The van der Waals surface area contributed by atoms with E-state index in [1.165, 1.54) is 18.2 Å². The molecule has 0 unspecified atom stereocenters. The Kier molecular flexibility index (Phi) is 5.66. The highest BCUT2D eigenvalue weighted by molar-refractivity contribution is 6.31. The number of ether oxygens (including phenoxy) is 1. The number of carbonyl (C=O) groups is 2. The Hall–Kier alpha value is -1.75. The lowest BCUT2D eigenvalue weighted by atomic mass is 10.00. The van der Waals surface area contributed by atoms with Crippen molar-refractivity contribution < 1.29 is 19.4 Å². The first kappa shape index (κ1) is 16.6. The molecule has 0 radical (unpaired) electrons. The summed E-state index contributed by atoms with van der Waals surface area (Å²) in [4.78, 5) is 25.9. The lowest BCUT2D eigenvalue weighted by molar-refractivity contribution is -0.138. The van der Waals surface area contributed by atoms with Gasteiger partial charge in [0.1, 0.15) is 11.3 Å². The van der Waals surface area contributed by atoms with Gasteiger partial charge >= 0.3 is 5.97 Å². The van der Waals surface area contributed by atoms with Crippen molar-refractivity contribution in [1.29, 1.82) is 0 Å². The predicted octanol–water partition coefficient (Wildman–Crippen LogP) is 2.99. The van der Waals surface area contributed by atoms with E-state index in [2.05, 4.69) is 0 Å². The van der Waals surface area contributed by atoms with E-state index in [1.54, 1.807) is 4.90 Å². The second kappa shape index (κ2) is 7.49. The highest BCUT2D eigenvalue weighted by atomic mass is 35.5. The van der Waals surface area contributed by atoms with Gasteiger partial charge in [0.25, 0.3) is 5.91 Å². The molecule has 0 bridgehead atoms. The molecule has 1 fully saturated rings. The van der Waals surface area contributed by atoms with Crippen LogP contribution in [0.1, 0.15) is 43.0 Å². The van der Waals surface area contributed by atoms with Gasteiger partial charge in [-0.15, -0.1) is 0 Å². The van der Waals surface area contributed by atoms with Gasteiger partial charge in [0.05, 0.1) is 0 Å². The fourth-order valence-corrected chi connectivity index (χ4v) is 2.89. The number of carbonyl (C=O) groups excluding carboxylic acids is 2. The van der Waals surface area contributed by atoms with Gasteiger partial charge in [-0.2, -0.15) is 0 Å². The number of hydrogen-bond acceptors (Lipinski definition) is 4. The zero-order valence-electron chi connectivity index (χ0n) is 12.5. The number of phenols is 1. The van der Waals surface area contributed by atoms with Gasteiger partial charge in [-0.3, -0.25) is 4.79 Å². The molecule has 1 heterocycles. The van der Waals surface area contributed by atoms with E-state index >= 15 is 0 Å². The molecule has 0 aliphatic carbocycles. The van der Waals surface area contributed by atoms with Gasteiger partial charge in [-0.05, 0) is 43.9 Å². The Morgan fingerprint density at radius 3 is 2.91 bits per heavy atom. The van der Waals surface area contributed by atoms with E-state index in [0.29, 0.717) is 11.6 Å². The first-order chi connectivity index (χ1) is 10.5. The zero-order valence-corrected chi connectivity index (χ0v) is 13.3. The molecule has 1 atom stereocenters. The van der Waals surface area contributed by atoms with Crippen LogP contribution in [-0.4, -0.2) is 41.1 Å². The van der Waals surface area contributed by atoms with Crippen LogP contribution < -0.4 is 0 Å². The molecule has 1 aliphatic heterocycles. The Bertz CT molecular complexity index is 561. The maximum absolute atomic E-state index is 12.2. The van der Waals surface area contributed by atoms with Gasteiger partial charge in [0.2, 0.25) is 0 Å². The minimum Gasteiger partial charge on any atom is -0.507 e. The molecular formula is C16H20ClNO4. The largest absolute Gasteiger partial charge is 0.507 e. The van der Waals surface area contributed by atoms with E-state index in [0.717, 1.165) is 25.7 Å². The summed E-state index contributed by atoms with van der Waals surface area (Å²) in [6.45, 7) is 2.44. The lowest BCUT2D eigenvalue weighted by Crippen LogP contribution is -2.45. The van der Waals surface area contributed by atoms with Gasteiger partial charge in [-0.1, -0.05) is 18.5 Å². The summed E-state index contributed by atoms with van der Waals surface area (Å²) in [6.07, 6.45) is 3.99. The molecule has 0 spiro atoms. The third kappa shape index (κ3) is 3.91. The number of likely N-dealkylation sites (tertiary alicyclic amines) is 1. The van der Waals surface area contributed by atoms with Crippen LogP contribution in [0.2, 0.25) is 5.02 Å². The van der Waals surface area contributed by atoms with Crippen molar-refractivity contribution in [3.05, 3.63) is 28.8 Å². The van der Waals surface area contributed by atoms with Crippen molar-refractivity contribution in [3.63, 3.8) is 0 Å². The van der Waals surface area contributed by atoms with Crippen LogP contribution in [0.15, 0.2) is 18.2 Å². The summed E-state index contributed by atoms with van der Waals surface area (Å²) in [5, 5.41) is 9.96. The van der Waals surface area contributed by atoms with Crippen molar-refractivity contribution in [2.45, 2.75) is 38.6 Å². The molecule has 1 saturated heterocycles. The van der Waals surface area contributed by atoms with Crippen LogP contribution in [0.3, 0.4) is 0 Å². The number of esters is 1. The normalized spacial score (nSPS) is 18.1. The topological polar surface area (TPSA) is 66.8 Å². The maximum atomic E-state index is 12.2. The molecule has 0 aromatic heterocycles. The third-order valence-electron chi connectivity index (χ3n) is 3.92. The Morgan fingerprint density at radius 2 is 2.18 bits per heavy atom. The molecule has 120 valence electrons. The summed E-state index contributed by atoms with van der Waals surface area (Å²) < 4.78 is 5.02. The summed E-state index contributed by atoms with van der Waals surface area (Å²) in [5.74, 6) is -1.16. The fraction of sp³-hybridized carbons (Fsp3) is 0.500. The summed E-state index contributed by atoms with van der Waals surface area (Å²) in [6, 6.07) is 4.33. The average molecular weight is 326 g/mol. The second-order valence-corrected chi connectivity index (χ2v) is 5.82. The first-order valence-corrected chi connectivity index (χ1v) is 7.85. The quantitative estimate of drug-likeness (QED) is 0.864. The van der Waals surface area contributed by atoms with E-state index in [4.69, 9.17) is 16.3 Å². The number of benzene rings is 1. The minimum atomic E-state index is -0.751. The molecule has 1 amide bonds. The standard InChI is InChI=1S/C16H20ClNO4/c1-2-12-5-3-4-8-18(12)15(20)10-22-16(21)13-9-11(17)6-7-14(13)19/h6-7,9,12,19H,2-5,8,10H2,1H3/t12-/m0/s1. The number of hydrogen-bond donors (Lipinski definition) is 1. The summed E-state index contributed by atoms with van der Waals surface area (Å²) in [7, 11) is 0. The number of nitrogens with zero attached hydrogens (tertiary/aromatic N) is 1. The number of halogens is 1. The molecule has 1 aliphatic rings. The number of rotatable bonds is 4. The van der Waals surface area contributed by atoms with Crippen LogP contribution >= 0.6 is 11.6 Å². The Morgan fingerprint density at radius 1 is 1.41 bits per heavy atom. The van der Waals surface area contributed by atoms with Crippen LogP contribution in [0.25, 0.3) is 0 Å². The van der Waals surface area contributed by atoms with Crippen LogP contribution in [0.4, 0.5) is 0 Å². The first-order valence-electron chi connectivity index (χ1n) is 7.48. The Labute approximate surface area is 134 Å². The van der Waals surface area contributed by atoms with E-state index < -0.39 is 5.97 Å². The number of piperidine rings is 1. The molecule has 1 aromatic rings. The lowest BCUT2D eigenvalue weighted by Gasteiger charge is -2.35. The minimum absolute atomic E-state index is 0.0361. The molecule has 2 rings (SSSR count). The molecule has 5 nitrogen and oxygen atoms in total. The number of amides is 1. The summed E-state index contributed by atoms with van der Waals surface area (Å²) >= 11 is 5.79. The van der Waals surface area contributed by atoms with Crippen LogP contribution in [0.5, 0.6) is 5.75 Å². The van der Waals surface area contributed by atoms with Crippen LogP contribution in [0, 0.1) is 0 Å². The third-order valence-corrected chi connectivity index (χ3v) is 4.16. The SMILES string of the molecule is CC[C@H]1CCCCN1C(=O)COC(=O)c1cc(Cl)ccc1O. The summed E-state index contributed by atoms with van der Waals surface area (Å²) in [5.41, 5.74) is -0.0361. The molecular weight excluding hydrogens is 306 g/mol. The maximum Gasteiger partial charge on any atom is 0.342 e. The van der Waals surface area contributed by atoms with Crippen molar-refractivity contribution in [2.75, 3.05) is 13.2 Å². The molecule has 1 N–H and O–H groups in total. The fourth-order valence-electron chi connectivity index (χ4n) is 2.71. The Balaban J connectivity index is 1.95. The molecule has 6 heteroatoms. The van der Waals surface area contributed by atoms with E-state index in [9.17, 15) is 14.7 Å². The highest BCUT2D eigenvalue weighted by Crippen LogP contribution is 2.23. The van der Waals surface area contributed by atoms with Crippen molar-refractivity contribution in [1.82, 2.24) is 4.90 Å². The van der Waals surface area contributed by atoms with Gasteiger partial charge in [0.15, 0.2) is 6.61 Å². The molecule has 0 saturated carbocycles. The smallest absolute Gasteiger partial charge is 0.342 e. The number of phenolic OH excluding ortho intramolecular Hbond substituents is 1. The van der Waals surface area contributed by atoms with Gasteiger partial charge in [0, 0.05) is 17.6 Å². The second-order valence-electron chi connectivity index (χ2n) is 5.38. The molecule has 22 heavy (non-hydrogen) atoms. The van der Waals surface area contributed by atoms with E-state index in [-0.39, 0.29) is 29.9 Å². The number of aromatic hydroxyl groups is 1. The van der Waals surface area contributed by atoms with Crippen molar-refractivity contribution in [2.24, 2.45) is 0 Å². The molecule has 1 aromatic carbocycles. The zero-order chi connectivity index (χ0) is 16.1. The van der Waals surface area contributed by atoms with Gasteiger partial charge in [-0.25, -0.2) is 4.79 Å². The highest BCUT2D eigenvalue weighted by Gasteiger charge is 2.26. The van der Waals surface area contributed by atoms with Gasteiger partial charge < -0.3 is 14.7 Å². The van der Waals surface area contributed by atoms with E-state index in [1.807, 2.05) is 6.92 Å². The van der Waals surface area contributed by atoms with Crippen molar-refractivity contribution >= 4 is 23.5 Å². The van der Waals surface area contributed by atoms with Crippen LogP contribution in [-0.2, 0) is 9.53 Å². The monoisotopic (exact) mass is 325 g/mol. The predicted molar refractivity (Wildman–Crippen MR) is 83.0 cm³/mol.